The van der Waals surface area contributed by atoms with E-state index in [9.17, 15) is 43.2 Å². The van der Waals surface area contributed by atoms with Crippen molar-refractivity contribution in [3.8, 4) is 0 Å². The zero-order valence-corrected chi connectivity index (χ0v) is 69.6. The van der Waals surface area contributed by atoms with Crippen LogP contribution in [0, 0.1) is 17.8 Å². The van der Waals surface area contributed by atoms with E-state index in [1.54, 1.807) is 0 Å². The maximum absolute atomic E-state index is 13.1. The molecule has 0 fully saturated rings. The Balaban J connectivity index is 5.21. The van der Waals surface area contributed by atoms with E-state index in [1.807, 2.05) is 0 Å². The summed E-state index contributed by atoms with van der Waals surface area (Å²) in [4.78, 5) is 73.1. The molecule has 0 spiro atoms. The molecule has 0 amide bonds. The molecule has 0 heterocycles. The summed E-state index contributed by atoms with van der Waals surface area (Å²) in [6.45, 7) is 12.0. The first-order valence-electron chi connectivity index (χ1n) is 43.3. The highest BCUT2D eigenvalue weighted by atomic mass is 31.2. The van der Waals surface area contributed by atoms with Crippen LogP contribution in [0.4, 0.5) is 0 Å². The minimum Gasteiger partial charge on any atom is -0.462 e. The second kappa shape index (κ2) is 74.2. The Bertz CT molecular complexity index is 1990. The summed E-state index contributed by atoms with van der Waals surface area (Å²) in [7, 11) is -9.92. The summed E-state index contributed by atoms with van der Waals surface area (Å²) < 4.78 is 68.8. The van der Waals surface area contributed by atoms with Crippen molar-refractivity contribution in [2.24, 2.45) is 17.8 Å². The van der Waals surface area contributed by atoms with Crippen LogP contribution in [-0.2, 0) is 65.4 Å². The van der Waals surface area contributed by atoms with Gasteiger partial charge in [0.25, 0.3) is 0 Å². The lowest BCUT2D eigenvalue weighted by Gasteiger charge is -2.21. The van der Waals surface area contributed by atoms with Crippen LogP contribution in [0.3, 0.4) is 0 Å². The number of hydrogen-bond donors (Lipinski definition) is 3. The van der Waals surface area contributed by atoms with Gasteiger partial charge in [-0.1, -0.05) is 389 Å². The molecule has 0 saturated heterocycles. The Hall–Kier alpha value is -1.94. The molecular weight excluding hydrogens is 1340 g/mol. The lowest BCUT2D eigenvalue weighted by atomic mass is 10.0. The van der Waals surface area contributed by atoms with Crippen LogP contribution in [0.15, 0.2) is 0 Å². The largest absolute Gasteiger partial charge is 0.472 e. The molecule has 0 rings (SSSR count). The van der Waals surface area contributed by atoms with E-state index in [-0.39, 0.29) is 25.7 Å². The van der Waals surface area contributed by atoms with Crippen molar-refractivity contribution in [2.75, 3.05) is 39.6 Å². The Kier molecular flexibility index (Phi) is 72.8. The number of hydrogen-bond acceptors (Lipinski definition) is 15. The fourth-order valence-electron chi connectivity index (χ4n) is 13.0. The number of ether oxygens (including phenoxy) is 4. The monoisotopic (exact) mass is 1510 g/mol. The summed E-state index contributed by atoms with van der Waals surface area (Å²) in [6.07, 6.45) is 63.9. The van der Waals surface area contributed by atoms with Crippen LogP contribution in [0.5, 0.6) is 0 Å². The molecule has 0 aromatic rings. The smallest absolute Gasteiger partial charge is 0.462 e. The van der Waals surface area contributed by atoms with Crippen molar-refractivity contribution < 1.29 is 80.2 Å². The first-order chi connectivity index (χ1) is 49.7. The van der Waals surface area contributed by atoms with Gasteiger partial charge in [0.1, 0.15) is 19.3 Å². The van der Waals surface area contributed by atoms with E-state index >= 15 is 0 Å². The summed E-state index contributed by atoms with van der Waals surface area (Å²) in [5.41, 5.74) is 0. The van der Waals surface area contributed by atoms with Crippen molar-refractivity contribution in [2.45, 2.75) is 458 Å². The SMILES string of the molecule is CCCCCCCCCCCC(=O)OC[C@H](COP(=O)(O)OC[C@H](O)COP(=O)(O)OC[C@@H](COC(=O)CCCCCCCCCCCCCCCCC(C)C)OC(=O)CCCCCCCCCCCCCCCCCCCCC(C)C)OC(=O)CCCCCCCCCCCCCCCC(C)C. The van der Waals surface area contributed by atoms with Gasteiger partial charge < -0.3 is 33.8 Å². The van der Waals surface area contributed by atoms with Gasteiger partial charge in [-0.2, -0.15) is 0 Å². The summed E-state index contributed by atoms with van der Waals surface area (Å²) in [5, 5.41) is 10.7. The average molecular weight is 1510 g/mol. The van der Waals surface area contributed by atoms with Crippen LogP contribution in [-0.4, -0.2) is 96.7 Å². The third kappa shape index (κ3) is 78.0. The number of carbonyl (C=O) groups is 4. The lowest BCUT2D eigenvalue weighted by molar-refractivity contribution is -0.161. The predicted octanol–water partition coefficient (Wildman–Crippen LogP) is 25.3. The van der Waals surface area contributed by atoms with E-state index in [0.29, 0.717) is 25.7 Å². The lowest BCUT2D eigenvalue weighted by Crippen LogP contribution is -2.30. The molecule has 0 aliphatic heterocycles. The third-order valence-corrected chi connectivity index (χ3v) is 21.5. The molecule has 0 radical (unpaired) electrons. The molecule has 17 nitrogen and oxygen atoms in total. The number of rotatable bonds is 82. The Morgan fingerprint density at radius 1 is 0.262 bits per heavy atom. The number of carbonyl (C=O) groups excluding carboxylic acids is 4. The Morgan fingerprint density at radius 2 is 0.447 bits per heavy atom. The second-order valence-corrected chi connectivity index (χ2v) is 34.6. The van der Waals surface area contributed by atoms with Gasteiger partial charge >= 0.3 is 39.5 Å². The highest BCUT2D eigenvalue weighted by Crippen LogP contribution is 2.45. The number of aliphatic hydroxyl groups is 1. The predicted molar refractivity (Wildman–Crippen MR) is 423 cm³/mol. The molecular formula is C84H164O17P2. The van der Waals surface area contributed by atoms with Crippen molar-refractivity contribution in [3.63, 3.8) is 0 Å². The van der Waals surface area contributed by atoms with Crippen LogP contribution in [0.2, 0.25) is 0 Å². The Labute approximate surface area is 632 Å². The topological polar surface area (TPSA) is 237 Å². The molecule has 0 saturated carbocycles. The molecule has 0 bridgehead atoms. The molecule has 612 valence electrons. The van der Waals surface area contributed by atoms with Gasteiger partial charge in [-0.15, -0.1) is 0 Å². The average Bonchev–Trinajstić information content (AvgIpc) is 0.906. The summed E-state index contributed by atoms with van der Waals surface area (Å²) in [5.74, 6) is 0.299. The highest BCUT2D eigenvalue weighted by Gasteiger charge is 2.30. The molecule has 0 aliphatic rings. The fraction of sp³-hybridized carbons (Fsp3) is 0.952. The normalized spacial score (nSPS) is 13.9. The second-order valence-electron chi connectivity index (χ2n) is 31.6. The molecule has 2 unspecified atom stereocenters. The third-order valence-electron chi connectivity index (χ3n) is 19.6. The molecule has 19 heteroatoms. The van der Waals surface area contributed by atoms with Crippen LogP contribution >= 0.6 is 15.6 Å². The Morgan fingerprint density at radius 3 is 0.660 bits per heavy atom. The number of esters is 4. The molecule has 103 heavy (non-hydrogen) atoms. The van der Waals surface area contributed by atoms with Crippen molar-refractivity contribution >= 4 is 39.5 Å². The molecule has 3 N–H and O–H groups in total. The van der Waals surface area contributed by atoms with Crippen LogP contribution in [0.25, 0.3) is 0 Å². The quantitative estimate of drug-likeness (QED) is 0.0222. The molecule has 0 aliphatic carbocycles. The molecule has 0 aromatic heterocycles. The number of unbranched alkanes of at least 4 members (excludes halogenated alkanes) is 50. The number of phosphoric ester groups is 2. The van der Waals surface area contributed by atoms with Crippen molar-refractivity contribution in [3.05, 3.63) is 0 Å². The van der Waals surface area contributed by atoms with Gasteiger partial charge in [0.2, 0.25) is 0 Å². The van der Waals surface area contributed by atoms with Gasteiger partial charge in [0, 0.05) is 25.7 Å². The summed E-state index contributed by atoms with van der Waals surface area (Å²) >= 11 is 0. The standard InChI is InChI=1S/C84H164O17P2/c1-8-9-10-11-12-34-44-51-58-65-81(86)94-71-79(100-84(89)68-61-54-47-40-33-27-21-24-30-37-43-50-57-64-77(6)7)73-98-102(90,91)96-69-78(85)70-97-103(92,93)99-74-80(72-95-82(87)66-59-52-45-38-31-25-20-19-23-29-36-42-49-56-63-76(4)5)101-83(88)67-60-53-46-39-32-26-18-16-14-13-15-17-22-28-35-41-48-55-62-75(2)3/h75-80,85H,8-74H2,1-7H3,(H,90,91)(H,92,93)/t78-,79+,80+/m0/s1. The van der Waals surface area contributed by atoms with Gasteiger partial charge in [0.05, 0.1) is 26.4 Å². The maximum atomic E-state index is 13.1. The van der Waals surface area contributed by atoms with Gasteiger partial charge in [0.15, 0.2) is 12.2 Å². The minimum atomic E-state index is -4.96. The zero-order valence-electron chi connectivity index (χ0n) is 67.8. The molecule has 5 atom stereocenters. The van der Waals surface area contributed by atoms with Crippen molar-refractivity contribution in [1.29, 1.82) is 0 Å². The molecule has 0 aromatic carbocycles. The van der Waals surface area contributed by atoms with Crippen LogP contribution in [0.1, 0.15) is 440 Å². The van der Waals surface area contributed by atoms with Crippen molar-refractivity contribution in [1.82, 2.24) is 0 Å². The minimum absolute atomic E-state index is 0.107. The van der Waals surface area contributed by atoms with E-state index in [1.165, 1.54) is 250 Å². The zero-order chi connectivity index (χ0) is 75.8. The highest BCUT2D eigenvalue weighted by molar-refractivity contribution is 7.47. The maximum Gasteiger partial charge on any atom is 0.472 e. The van der Waals surface area contributed by atoms with E-state index in [4.69, 9.17) is 37.0 Å². The van der Waals surface area contributed by atoms with E-state index in [2.05, 4.69) is 48.5 Å². The van der Waals surface area contributed by atoms with Gasteiger partial charge in [-0.25, -0.2) is 9.13 Å². The van der Waals surface area contributed by atoms with Crippen LogP contribution < -0.4 is 0 Å². The summed E-state index contributed by atoms with van der Waals surface area (Å²) in [6, 6.07) is 0. The fourth-order valence-corrected chi connectivity index (χ4v) is 14.6. The number of phosphoric acid groups is 2. The van der Waals surface area contributed by atoms with E-state index < -0.39 is 97.5 Å². The number of aliphatic hydroxyl groups excluding tert-OH is 1. The van der Waals surface area contributed by atoms with Gasteiger partial charge in [-0.05, 0) is 43.4 Å². The first-order valence-corrected chi connectivity index (χ1v) is 46.3. The first kappa shape index (κ1) is 101. The van der Waals surface area contributed by atoms with E-state index in [0.717, 1.165) is 108 Å². The van der Waals surface area contributed by atoms with Gasteiger partial charge in [-0.3, -0.25) is 37.3 Å².